The molecule has 1 N–H and O–H groups in total. The molecule has 1 atom stereocenters. The molecule has 1 heterocycles. The Balaban J connectivity index is 2.81. The highest BCUT2D eigenvalue weighted by molar-refractivity contribution is 7.98. The summed E-state index contributed by atoms with van der Waals surface area (Å²) in [5.74, 6) is 2.01. The molecule has 0 aliphatic rings. The van der Waals surface area contributed by atoms with E-state index in [1.54, 1.807) is 13.3 Å². The minimum absolute atomic E-state index is 0.324. The van der Waals surface area contributed by atoms with E-state index < -0.39 is 0 Å². The monoisotopic (exact) mass is 257 g/mol. The summed E-state index contributed by atoms with van der Waals surface area (Å²) in [6.07, 6.45) is 6.15. The maximum atomic E-state index is 5.38. The van der Waals surface area contributed by atoms with Crippen molar-refractivity contribution in [3.05, 3.63) is 11.9 Å². The molecule has 0 radical (unpaired) electrons. The van der Waals surface area contributed by atoms with E-state index in [-0.39, 0.29) is 0 Å². The second-order valence-electron chi connectivity index (χ2n) is 4.01. The van der Waals surface area contributed by atoms with E-state index in [9.17, 15) is 0 Å². The SMILES string of the molecule is CCCNC(CCSC)c1c(OC)cnn1C. The van der Waals surface area contributed by atoms with Crippen molar-refractivity contribution in [3.8, 4) is 5.75 Å². The molecule has 0 spiro atoms. The summed E-state index contributed by atoms with van der Waals surface area (Å²) in [7, 11) is 3.67. The second kappa shape index (κ2) is 7.61. The van der Waals surface area contributed by atoms with Crippen LogP contribution in [0.1, 0.15) is 31.5 Å². The van der Waals surface area contributed by atoms with Crippen molar-refractivity contribution < 1.29 is 4.74 Å². The standard InChI is InChI=1S/C12H23N3OS/c1-5-7-13-10(6-8-17-4)12-11(16-3)9-14-15(12)2/h9-10,13H,5-8H2,1-4H3. The van der Waals surface area contributed by atoms with Crippen LogP contribution in [-0.4, -0.2) is 35.4 Å². The second-order valence-corrected chi connectivity index (χ2v) is 5.00. The number of hydrogen-bond donors (Lipinski definition) is 1. The molecular weight excluding hydrogens is 234 g/mol. The zero-order valence-corrected chi connectivity index (χ0v) is 12.0. The highest BCUT2D eigenvalue weighted by atomic mass is 32.2. The van der Waals surface area contributed by atoms with Gasteiger partial charge in [0, 0.05) is 7.05 Å². The number of nitrogens with one attached hydrogen (secondary N) is 1. The topological polar surface area (TPSA) is 39.1 Å². The fourth-order valence-electron chi connectivity index (χ4n) is 1.87. The summed E-state index contributed by atoms with van der Waals surface area (Å²) < 4.78 is 7.29. The molecule has 0 fully saturated rings. The van der Waals surface area contributed by atoms with Gasteiger partial charge >= 0.3 is 0 Å². The maximum absolute atomic E-state index is 5.38. The zero-order chi connectivity index (χ0) is 12.7. The molecule has 0 aliphatic heterocycles. The average Bonchev–Trinajstić information content (AvgIpc) is 2.71. The van der Waals surface area contributed by atoms with Gasteiger partial charge in [0.05, 0.1) is 25.0 Å². The van der Waals surface area contributed by atoms with Crippen LogP contribution in [0.3, 0.4) is 0 Å². The number of thioether (sulfide) groups is 1. The molecule has 0 aliphatic carbocycles. The van der Waals surface area contributed by atoms with Crippen molar-refractivity contribution in [2.24, 2.45) is 7.05 Å². The Hall–Kier alpha value is -0.680. The molecule has 0 saturated heterocycles. The van der Waals surface area contributed by atoms with Crippen molar-refractivity contribution in [1.82, 2.24) is 15.1 Å². The number of hydrogen-bond acceptors (Lipinski definition) is 4. The molecular formula is C12H23N3OS. The highest BCUT2D eigenvalue weighted by Crippen LogP contribution is 2.27. The van der Waals surface area contributed by atoms with Crippen LogP contribution < -0.4 is 10.1 Å². The lowest BCUT2D eigenvalue weighted by Crippen LogP contribution is -2.25. The number of aryl methyl sites for hydroxylation is 1. The largest absolute Gasteiger partial charge is 0.493 e. The molecule has 1 unspecified atom stereocenters. The Labute approximate surface area is 108 Å². The van der Waals surface area contributed by atoms with Crippen molar-refractivity contribution in [3.63, 3.8) is 0 Å². The first-order valence-corrected chi connectivity index (χ1v) is 7.42. The highest BCUT2D eigenvalue weighted by Gasteiger charge is 2.19. The van der Waals surface area contributed by atoms with E-state index in [0.29, 0.717) is 6.04 Å². The predicted octanol–water partition coefficient (Wildman–Crippen LogP) is 2.22. The van der Waals surface area contributed by atoms with Gasteiger partial charge in [-0.2, -0.15) is 16.9 Å². The Morgan fingerprint density at radius 2 is 2.35 bits per heavy atom. The lowest BCUT2D eigenvalue weighted by atomic mass is 10.1. The molecule has 1 aromatic heterocycles. The molecule has 0 aromatic carbocycles. The Morgan fingerprint density at radius 1 is 1.59 bits per heavy atom. The van der Waals surface area contributed by atoms with Crippen molar-refractivity contribution in [2.45, 2.75) is 25.8 Å². The van der Waals surface area contributed by atoms with Crippen molar-refractivity contribution in [1.29, 1.82) is 0 Å². The molecule has 17 heavy (non-hydrogen) atoms. The number of rotatable bonds is 8. The summed E-state index contributed by atoms with van der Waals surface area (Å²) in [5, 5.41) is 7.84. The van der Waals surface area contributed by atoms with Gasteiger partial charge < -0.3 is 10.1 Å². The summed E-state index contributed by atoms with van der Waals surface area (Å²) in [5.41, 5.74) is 1.15. The first kappa shape index (κ1) is 14.4. The first-order valence-electron chi connectivity index (χ1n) is 6.02. The molecule has 0 saturated carbocycles. The van der Waals surface area contributed by atoms with E-state index in [2.05, 4.69) is 23.6 Å². The van der Waals surface area contributed by atoms with E-state index in [1.807, 2.05) is 23.5 Å². The minimum atomic E-state index is 0.324. The third-order valence-corrected chi connectivity index (χ3v) is 3.39. The molecule has 4 nitrogen and oxygen atoms in total. The summed E-state index contributed by atoms with van der Waals surface area (Å²) in [4.78, 5) is 0. The predicted molar refractivity (Wildman–Crippen MR) is 73.8 cm³/mol. The maximum Gasteiger partial charge on any atom is 0.161 e. The molecule has 1 aromatic rings. The Bertz CT molecular complexity index is 320. The molecule has 98 valence electrons. The number of ether oxygens (including phenoxy) is 1. The number of methoxy groups -OCH3 is 1. The van der Waals surface area contributed by atoms with E-state index in [4.69, 9.17) is 4.74 Å². The minimum Gasteiger partial charge on any atom is -0.493 e. The van der Waals surface area contributed by atoms with E-state index >= 15 is 0 Å². The molecule has 1 rings (SSSR count). The van der Waals surface area contributed by atoms with E-state index in [1.165, 1.54) is 0 Å². The summed E-state index contributed by atoms with van der Waals surface area (Å²) in [6.45, 7) is 3.20. The van der Waals surface area contributed by atoms with Gasteiger partial charge in [0.25, 0.3) is 0 Å². The van der Waals surface area contributed by atoms with Crippen LogP contribution in [0.4, 0.5) is 0 Å². The Morgan fingerprint density at radius 3 is 2.94 bits per heavy atom. The van der Waals surface area contributed by atoms with Crippen LogP contribution in [0.2, 0.25) is 0 Å². The average molecular weight is 257 g/mol. The smallest absolute Gasteiger partial charge is 0.161 e. The third kappa shape index (κ3) is 3.92. The molecule has 0 bridgehead atoms. The van der Waals surface area contributed by atoms with Crippen LogP contribution in [0, 0.1) is 0 Å². The van der Waals surface area contributed by atoms with Gasteiger partial charge in [0.1, 0.15) is 0 Å². The van der Waals surface area contributed by atoms with Crippen LogP contribution in [-0.2, 0) is 7.05 Å². The van der Waals surface area contributed by atoms with E-state index in [0.717, 1.165) is 36.6 Å². The summed E-state index contributed by atoms with van der Waals surface area (Å²) in [6, 6.07) is 0.324. The van der Waals surface area contributed by atoms with Crippen molar-refractivity contribution in [2.75, 3.05) is 25.7 Å². The fraction of sp³-hybridized carbons (Fsp3) is 0.750. The van der Waals surface area contributed by atoms with Crippen molar-refractivity contribution >= 4 is 11.8 Å². The normalized spacial score (nSPS) is 12.7. The molecule has 5 heteroatoms. The van der Waals surface area contributed by atoms with Gasteiger partial charge in [-0.15, -0.1) is 0 Å². The van der Waals surface area contributed by atoms with Gasteiger partial charge in [0.15, 0.2) is 5.75 Å². The van der Waals surface area contributed by atoms with Gasteiger partial charge in [-0.3, -0.25) is 4.68 Å². The number of aromatic nitrogens is 2. The lowest BCUT2D eigenvalue weighted by Gasteiger charge is -2.19. The van der Waals surface area contributed by atoms with Gasteiger partial charge in [0.2, 0.25) is 0 Å². The van der Waals surface area contributed by atoms with Crippen LogP contribution >= 0.6 is 11.8 Å². The number of nitrogens with zero attached hydrogens (tertiary/aromatic N) is 2. The quantitative estimate of drug-likeness (QED) is 0.775. The van der Waals surface area contributed by atoms with Gasteiger partial charge in [-0.25, -0.2) is 0 Å². The first-order chi connectivity index (χ1) is 8.24. The fourth-order valence-corrected chi connectivity index (χ4v) is 2.34. The summed E-state index contributed by atoms with van der Waals surface area (Å²) >= 11 is 1.87. The van der Waals surface area contributed by atoms with Crippen LogP contribution in [0.25, 0.3) is 0 Å². The van der Waals surface area contributed by atoms with Crippen LogP contribution in [0.15, 0.2) is 6.20 Å². The lowest BCUT2D eigenvalue weighted by molar-refractivity contribution is 0.391. The van der Waals surface area contributed by atoms with Gasteiger partial charge in [-0.05, 0) is 31.4 Å². The molecule has 0 amide bonds. The van der Waals surface area contributed by atoms with Crippen LogP contribution in [0.5, 0.6) is 5.75 Å². The third-order valence-electron chi connectivity index (χ3n) is 2.75. The zero-order valence-electron chi connectivity index (χ0n) is 11.2. The Kier molecular flexibility index (Phi) is 6.44. The van der Waals surface area contributed by atoms with Gasteiger partial charge in [-0.1, -0.05) is 6.92 Å².